The van der Waals surface area contributed by atoms with Crippen molar-refractivity contribution in [3.05, 3.63) is 95.6 Å². The molecule has 4 heteroatoms. The van der Waals surface area contributed by atoms with Gasteiger partial charge in [0.05, 0.1) is 12.8 Å². The fraction of sp³-hybridized carbons (Fsp3) is 0.0952. The van der Waals surface area contributed by atoms with E-state index >= 15 is 0 Å². The maximum atomic E-state index is 12.4. The van der Waals surface area contributed by atoms with Crippen LogP contribution in [0.1, 0.15) is 16.7 Å². The number of hydrogen-bond donors (Lipinski definition) is 1. The van der Waals surface area contributed by atoms with E-state index < -0.39 is 11.7 Å². The Morgan fingerprint density at radius 3 is 2.04 bits per heavy atom. The lowest BCUT2D eigenvalue weighted by Gasteiger charge is -2.39. The van der Waals surface area contributed by atoms with Crippen LogP contribution in [0, 0.1) is 0 Å². The van der Waals surface area contributed by atoms with Gasteiger partial charge in [-0.2, -0.15) is 0 Å². The normalized spacial score (nSPS) is 14.8. The molecule has 0 radical (unpaired) electrons. The van der Waals surface area contributed by atoms with Gasteiger partial charge in [-0.3, -0.25) is 5.32 Å². The Balaban J connectivity index is 2.07. The van der Waals surface area contributed by atoms with E-state index in [-0.39, 0.29) is 0 Å². The van der Waals surface area contributed by atoms with Crippen molar-refractivity contribution in [1.82, 2.24) is 0 Å². The second-order valence-corrected chi connectivity index (χ2v) is 5.84. The summed E-state index contributed by atoms with van der Waals surface area (Å²) in [5, 5.41) is 2.79. The second kappa shape index (κ2) is 5.98. The molecule has 4 rings (SSSR count). The molecule has 1 heterocycles. The van der Waals surface area contributed by atoms with Gasteiger partial charge in [0.1, 0.15) is 5.75 Å². The number of hydrogen-bond acceptors (Lipinski definition) is 3. The molecule has 0 unspecified atom stereocenters. The van der Waals surface area contributed by atoms with Crippen molar-refractivity contribution >= 4 is 11.8 Å². The first-order valence-electron chi connectivity index (χ1n) is 8.03. The minimum atomic E-state index is -1.03. The summed E-state index contributed by atoms with van der Waals surface area (Å²) >= 11 is 0. The standard InChI is InChI=1S/C21H17NO3/c1-24-17-12-13-19-18(14-17)21(25-20(23)22-19,15-8-4-2-5-9-15)16-10-6-3-7-11-16/h2-14H,1H3,(H,22,23). The zero-order chi connectivity index (χ0) is 17.3. The van der Waals surface area contributed by atoms with Crippen molar-refractivity contribution in [3.8, 4) is 5.75 Å². The number of rotatable bonds is 3. The van der Waals surface area contributed by atoms with Crippen LogP contribution in [-0.2, 0) is 10.3 Å². The number of fused-ring (bicyclic) bond motifs is 1. The van der Waals surface area contributed by atoms with Crippen molar-refractivity contribution in [2.75, 3.05) is 12.4 Å². The molecule has 124 valence electrons. The maximum absolute atomic E-state index is 12.4. The van der Waals surface area contributed by atoms with E-state index in [1.54, 1.807) is 7.11 Å². The van der Waals surface area contributed by atoms with Crippen LogP contribution in [0.4, 0.5) is 10.5 Å². The average molecular weight is 331 g/mol. The summed E-state index contributed by atoms with van der Waals surface area (Å²) in [6.07, 6.45) is -0.481. The Hall–Kier alpha value is -3.27. The van der Waals surface area contributed by atoms with Crippen molar-refractivity contribution in [2.24, 2.45) is 0 Å². The molecule has 1 aliphatic rings. The Bertz CT molecular complexity index is 867. The molecule has 1 N–H and O–H groups in total. The highest BCUT2D eigenvalue weighted by Gasteiger charge is 2.45. The van der Waals surface area contributed by atoms with E-state index in [1.165, 1.54) is 0 Å². The molecule has 0 bridgehead atoms. The molecule has 0 saturated carbocycles. The summed E-state index contributed by atoms with van der Waals surface area (Å²) in [6.45, 7) is 0. The molecule has 0 atom stereocenters. The zero-order valence-electron chi connectivity index (χ0n) is 13.7. The molecular formula is C21H17NO3. The number of benzene rings is 3. The predicted octanol–water partition coefficient (Wildman–Crippen LogP) is 4.55. The molecule has 3 aromatic rings. The third kappa shape index (κ3) is 2.43. The topological polar surface area (TPSA) is 47.6 Å². The number of methoxy groups -OCH3 is 1. The molecule has 0 aliphatic carbocycles. The Morgan fingerprint density at radius 2 is 1.48 bits per heavy atom. The van der Waals surface area contributed by atoms with Crippen molar-refractivity contribution < 1.29 is 14.3 Å². The van der Waals surface area contributed by atoms with Crippen molar-refractivity contribution in [1.29, 1.82) is 0 Å². The molecule has 0 fully saturated rings. The molecule has 25 heavy (non-hydrogen) atoms. The van der Waals surface area contributed by atoms with Gasteiger partial charge in [0.15, 0.2) is 5.60 Å². The van der Waals surface area contributed by atoms with Gasteiger partial charge < -0.3 is 9.47 Å². The Labute approximate surface area is 146 Å². The number of carbonyl (C=O) groups excluding carboxylic acids is 1. The van der Waals surface area contributed by atoms with E-state index in [0.717, 1.165) is 16.7 Å². The molecule has 3 aromatic carbocycles. The highest BCUT2D eigenvalue weighted by atomic mass is 16.6. The van der Waals surface area contributed by atoms with Crippen LogP contribution in [0.25, 0.3) is 0 Å². The van der Waals surface area contributed by atoms with E-state index in [1.807, 2.05) is 78.9 Å². The highest BCUT2D eigenvalue weighted by molar-refractivity contribution is 5.90. The van der Waals surface area contributed by atoms with Crippen molar-refractivity contribution in [3.63, 3.8) is 0 Å². The second-order valence-electron chi connectivity index (χ2n) is 5.84. The summed E-state index contributed by atoms with van der Waals surface area (Å²) < 4.78 is 11.4. The fourth-order valence-electron chi connectivity index (χ4n) is 3.32. The van der Waals surface area contributed by atoms with Gasteiger partial charge in [-0.15, -0.1) is 0 Å². The average Bonchev–Trinajstić information content (AvgIpc) is 2.68. The Kier molecular flexibility index (Phi) is 3.65. The minimum Gasteiger partial charge on any atom is -0.497 e. The fourth-order valence-corrected chi connectivity index (χ4v) is 3.32. The van der Waals surface area contributed by atoms with Crippen LogP contribution in [0.3, 0.4) is 0 Å². The van der Waals surface area contributed by atoms with Gasteiger partial charge in [-0.25, -0.2) is 4.79 Å². The first-order chi connectivity index (χ1) is 12.2. The summed E-state index contributed by atoms with van der Waals surface area (Å²) in [5.41, 5.74) is 2.28. The quantitative estimate of drug-likeness (QED) is 0.766. The van der Waals surface area contributed by atoms with E-state index in [4.69, 9.17) is 9.47 Å². The summed E-state index contributed by atoms with van der Waals surface area (Å²) in [4.78, 5) is 12.4. The van der Waals surface area contributed by atoms with Gasteiger partial charge in [-0.05, 0) is 18.2 Å². The minimum absolute atomic E-state index is 0.481. The number of carbonyl (C=O) groups is 1. The lowest BCUT2D eigenvalue weighted by Crippen LogP contribution is -2.41. The molecule has 0 spiro atoms. The van der Waals surface area contributed by atoms with Gasteiger partial charge in [0.2, 0.25) is 0 Å². The highest BCUT2D eigenvalue weighted by Crippen LogP contribution is 2.47. The lowest BCUT2D eigenvalue weighted by atomic mass is 9.78. The molecule has 0 aromatic heterocycles. The monoisotopic (exact) mass is 331 g/mol. The molecule has 4 nitrogen and oxygen atoms in total. The van der Waals surface area contributed by atoms with Gasteiger partial charge in [0.25, 0.3) is 0 Å². The number of cyclic esters (lactones) is 1. The number of ether oxygens (including phenoxy) is 2. The number of anilines is 1. The van der Waals surface area contributed by atoms with E-state index in [2.05, 4.69) is 5.32 Å². The summed E-state index contributed by atoms with van der Waals surface area (Å²) in [6, 6.07) is 25.1. The molecular weight excluding hydrogens is 314 g/mol. The Morgan fingerprint density at radius 1 is 0.880 bits per heavy atom. The molecule has 1 aliphatic heterocycles. The maximum Gasteiger partial charge on any atom is 0.413 e. The first kappa shape index (κ1) is 15.3. The number of nitrogens with one attached hydrogen (secondary N) is 1. The van der Waals surface area contributed by atoms with Crippen LogP contribution < -0.4 is 10.1 Å². The van der Waals surface area contributed by atoms with Crippen LogP contribution in [-0.4, -0.2) is 13.2 Å². The van der Waals surface area contributed by atoms with Crippen LogP contribution in [0.5, 0.6) is 5.75 Å². The van der Waals surface area contributed by atoms with Gasteiger partial charge in [-0.1, -0.05) is 60.7 Å². The summed E-state index contributed by atoms with van der Waals surface area (Å²) in [5.74, 6) is 0.703. The third-order valence-electron chi connectivity index (χ3n) is 4.45. The lowest BCUT2D eigenvalue weighted by molar-refractivity contribution is 0.0737. The van der Waals surface area contributed by atoms with Gasteiger partial charge in [0, 0.05) is 16.7 Å². The van der Waals surface area contributed by atoms with Crippen LogP contribution in [0.15, 0.2) is 78.9 Å². The first-order valence-corrected chi connectivity index (χ1v) is 8.03. The van der Waals surface area contributed by atoms with E-state index in [9.17, 15) is 4.79 Å². The zero-order valence-corrected chi connectivity index (χ0v) is 13.7. The molecule has 1 amide bonds. The largest absolute Gasteiger partial charge is 0.497 e. The SMILES string of the molecule is COc1ccc2c(c1)C(c1ccccc1)(c1ccccc1)OC(=O)N2. The third-order valence-corrected chi connectivity index (χ3v) is 4.45. The summed E-state index contributed by atoms with van der Waals surface area (Å²) in [7, 11) is 1.62. The predicted molar refractivity (Wildman–Crippen MR) is 95.9 cm³/mol. The van der Waals surface area contributed by atoms with Gasteiger partial charge >= 0.3 is 6.09 Å². The molecule has 0 saturated heterocycles. The van der Waals surface area contributed by atoms with Crippen LogP contribution in [0.2, 0.25) is 0 Å². The van der Waals surface area contributed by atoms with Crippen molar-refractivity contribution in [2.45, 2.75) is 5.60 Å². The smallest absolute Gasteiger partial charge is 0.413 e. The van der Waals surface area contributed by atoms with E-state index in [0.29, 0.717) is 11.4 Å². The van der Waals surface area contributed by atoms with Crippen LogP contribution >= 0.6 is 0 Å². The number of amides is 1.